The van der Waals surface area contributed by atoms with Crippen molar-refractivity contribution in [2.45, 2.75) is 0 Å². The molecule has 130 valence electrons. The molecule has 0 amide bonds. The fraction of sp³-hybridized carbons (Fsp3) is 0. The van der Waals surface area contributed by atoms with Gasteiger partial charge in [0.1, 0.15) is 11.5 Å². The molecular weight excluding hydrogens is 339 g/mol. The highest BCUT2D eigenvalue weighted by atomic mass is 19.1. The highest BCUT2D eigenvalue weighted by molar-refractivity contribution is 5.71. The Hall–Kier alpha value is -3.73. The Morgan fingerprint density at radius 3 is 2.48 bits per heavy atom. The van der Waals surface area contributed by atoms with Crippen molar-refractivity contribution >= 4 is 5.65 Å². The molecule has 0 aliphatic rings. The number of hydrogen-bond donors (Lipinski definition) is 0. The topological polar surface area (TPSA) is 35.1 Å². The van der Waals surface area contributed by atoms with E-state index in [4.69, 9.17) is 0 Å². The van der Waals surface area contributed by atoms with Crippen molar-refractivity contribution in [1.29, 1.82) is 0 Å². The molecule has 0 N–H and O–H groups in total. The molecule has 3 aromatic heterocycles. The zero-order valence-electron chi connectivity index (χ0n) is 14.3. The Kier molecular flexibility index (Phi) is 3.57. The Bertz CT molecular complexity index is 1220. The number of halogens is 1. The van der Waals surface area contributed by atoms with E-state index >= 15 is 0 Å². The lowest BCUT2D eigenvalue weighted by Gasteiger charge is -2.07. The van der Waals surface area contributed by atoms with Crippen LogP contribution in [0.4, 0.5) is 4.39 Å². The van der Waals surface area contributed by atoms with Crippen LogP contribution in [0.1, 0.15) is 0 Å². The molecule has 0 aliphatic heterocycles. The Morgan fingerprint density at radius 1 is 0.778 bits per heavy atom. The second-order valence-corrected chi connectivity index (χ2v) is 6.29. The van der Waals surface area contributed by atoms with Crippen LogP contribution in [-0.4, -0.2) is 19.2 Å². The van der Waals surface area contributed by atoms with Crippen LogP contribution < -0.4 is 0 Å². The van der Waals surface area contributed by atoms with Gasteiger partial charge in [0.2, 0.25) is 0 Å². The quantitative estimate of drug-likeness (QED) is 0.457. The van der Waals surface area contributed by atoms with Crippen molar-refractivity contribution in [1.82, 2.24) is 19.2 Å². The summed E-state index contributed by atoms with van der Waals surface area (Å²) in [4.78, 5) is 4.56. The smallest absolute Gasteiger partial charge is 0.137 e. The first-order valence-electron chi connectivity index (χ1n) is 8.61. The van der Waals surface area contributed by atoms with E-state index < -0.39 is 0 Å². The summed E-state index contributed by atoms with van der Waals surface area (Å²) in [6, 6.07) is 20.6. The standard InChI is InChI=1S/C22H15FN4/c23-19-7-5-16(6-8-19)17-9-12-26-21(15-24-22(26)14-17)18-3-1-4-20(13-18)27-11-2-10-25-27/h1-15H. The van der Waals surface area contributed by atoms with E-state index in [0.29, 0.717) is 0 Å². The second kappa shape index (κ2) is 6.21. The van der Waals surface area contributed by atoms with Crippen LogP contribution >= 0.6 is 0 Å². The van der Waals surface area contributed by atoms with Crippen LogP contribution in [-0.2, 0) is 0 Å². The van der Waals surface area contributed by atoms with E-state index in [2.05, 4.69) is 26.6 Å². The second-order valence-electron chi connectivity index (χ2n) is 6.29. The van der Waals surface area contributed by atoms with Crippen LogP contribution in [0.25, 0.3) is 33.7 Å². The number of hydrogen-bond acceptors (Lipinski definition) is 2. The fourth-order valence-electron chi connectivity index (χ4n) is 3.25. The van der Waals surface area contributed by atoms with Crippen LogP contribution in [0.2, 0.25) is 0 Å². The largest absolute Gasteiger partial charge is 0.300 e. The van der Waals surface area contributed by atoms with Gasteiger partial charge in [-0.15, -0.1) is 0 Å². The third-order valence-electron chi connectivity index (χ3n) is 4.60. The molecule has 0 atom stereocenters. The fourth-order valence-corrected chi connectivity index (χ4v) is 3.25. The molecule has 2 aromatic carbocycles. The number of imidazole rings is 1. The number of aromatic nitrogens is 4. The molecule has 0 spiro atoms. The molecule has 0 radical (unpaired) electrons. The van der Waals surface area contributed by atoms with Crippen LogP contribution in [0.3, 0.4) is 0 Å². The summed E-state index contributed by atoms with van der Waals surface area (Å²) >= 11 is 0. The highest BCUT2D eigenvalue weighted by Gasteiger charge is 2.09. The maximum atomic E-state index is 13.2. The number of benzene rings is 2. The van der Waals surface area contributed by atoms with Crippen molar-refractivity contribution in [3.05, 3.63) is 97.3 Å². The van der Waals surface area contributed by atoms with E-state index in [1.54, 1.807) is 18.3 Å². The Balaban J connectivity index is 1.57. The zero-order valence-corrected chi connectivity index (χ0v) is 14.3. The molecule has 4 nitrogen and oxygen atoms in total. The lowest BCUT2D eigenvalue weighted by atomic mass is 10.1. The monoisotopic (exact) mass is 354 g/mol. The summed E-state index contributed by atoms with van der Waals surface area (Å²) in [5.74, 6) is -0.236. The van der Waals surface area contributed by atoms with E-state index in [9.17, 15) is 4.39 Å². The van der Waals surface area contributed by atoms with Gasteiger partial charge in [0.05, 0.1) is 17.6 Å². The molecule has 0 saturated carbocycles. The van der Waals surface area contributed by atoms with Crippen LogP contribution in [0.15, 0.2) is 91.5 Å². The summed E-state index contributed by atoms with van der Waals surface area (Å²) in [5, 5.41) is 4.29. The summed E-state index contributed by atoms with van der Waals surface area (Å²) < 4.78 is 17.0. The van der Waals surface area contributed by atoms with Gasteiger partial charge in [0, 0.05) is 24.2 Å². The third-order valence-corrected chi connectivity index (χ3v) is 4.60. The van der Waals surface area contributed by atoms with Crippen molar-refractivity contribution in [2.24, 2.45) is 0 Å². The number of nitrogens with zero attached hydrogens (tertiary/aromatic N) is 4. The number of rotatable bonds is 3. The first-order valence-corrected chi connectivity index (χ1v) is 8.61. The predicted octanol–water partition coefficient (Wildman–Crippen LogP) is 4.99. The number of fused-ring (bicyclic) bond motifs is 1. The molecule has 5 heteroatoms. The number of pyridine rings is 1. The Labute approximate surface area is 155 Å². The molecule has 0 saturated heterocycles. The minimum atomic E-state index is -0.236. The molecular formula is C22H15FN4. The maximum absolute atomic E-state index is 13.2. The molecule has 0 fully saturated rings. The van der Waals surface area contributed by atoms with Crippen molar-refractivity contribution in [2.75, 3.05) is 0 Å². The van der Waals surface area contributed by atoms with Gasteiger partial charge in [-0.1, -0.05) is 24.3 Å². The molecule has 0 aliphatic carbocycles. The lowest BCUT2D eigenvalue weighted by molar-refractivity contribution is 0.628. The van der Waals surface area contributed by atoms with Gasteiger partial charge in [-0.3, -0.25) is 4.40 Å². The van der Waals surface area contributed by atoms with Gasteiger partial charge in [0.15, 0.2) is 0 Å². The maximum Gasteiger partial charge on any atom is 0.137 e. The average molecular weight is 354 g/mol. The zero-order chi connectivity index (χ0) is 18.2. The summed E-state index contributed by atoms with van der Waals surface area (Å²) in [6.07, 6.45) is 7.55. The van der Waals surface area contributed by atoms with Gasteiger partial charge in [0.25, 0.3) is 0 Å². The molecule has 0 bridgehead atoms. The van der Waals surface area contributed by atoms with Crippen LogP contribution in [0, 0.1) is 5.82 Å². The summed E-state index contributed by atoms with van der Waals surface area (Å²) in [6.45, 7) is 0. The normalized spacial score (nSPS) is 11.1. The van der Waals surface area contributed by atoms with E-state index in [-0.39, 0.29) is 5.82 Å². The van der Waals surface area contributed by atoms with E-state index in [0.717, 1.165) is 33.7 Å². The molecule has 3 heterocycles. The first-order chi connectivity index (χ1) is 13.3. The third kappa shape index (κ3) is 2.79. The molecule has 5 rings (SSSR count). The van der Waals surface area contributed by atoms with Gasteiger partial charge in [-0.25, -0.2) is 14.1 Å². The van der Waals surface area contributed by atoms with E-state index in [1.165, 1.54) is 12.1 Å². The highest BCUT2D eigenvalue weighted by Crippen LogP contribution is 2.26. The average Bonchev–Trinajstić information content (AvgIpc) is 3.38. The minimum absolute atomic E-state index is 0.236. The molecule has 5 aromatic rings. The van der Waals surface area contributed by atoms with Crippen LogP contribution in [0.5, 0.6) is 0 Å². The Morgan fingerprint density at radius 2 is 1.67 bits per heavy atom. The molecule has 0 unspecified atom stereocenters. The summed E-state index contributed by atoms with van der Waals surface area (Å²) in [5.41, 5.74) is 5.87. The van der Waals surface area contributed by atoms with Crippen molar-refractivity contribution < 1.29 is 4.39 Å². The van der Waals surface area contributed by atoms with Gasteiger partial charge >= 0.3 is 0 Å². The molecule has 27 heavy (non-hydrogen) atoms. The van der Waals surface area contributed by atoms with E-state index in [1.807, 2.05) is 53.6 Å². The SMILES string of the molecule is Fc1ccc(-c2ccn3c(-c4cccc(-n5cccn5)c4)cnc3c2)cc1. The minimum Gasteiger partial charge on any atom is -0.300 e. The van der Waals surface area contributed by atoms with Gasteiger partial charge in [-0.05, 0) is 53.6 Å². The summed E-state index contributed by atoms with van der Waals surface area (Å²) in [7, 11) is 0. The first kappa shape index (κ1) is 15.5. The van der Waals surface area contributed by atoms with Crippen molar-refractivity contribution in [3.8, 4) is 28.1 Å². The lowest BCUT2D eigenvalue weighted by Crippen LogP contribution is -1.95. The van der Waals surface area contributed by atoms with Gasteiger partial charge < -0.3 is 0 Å². The van der Waals surface area contributed by atoms with Gasteiger partial charge in [-0.2, -0.15) is 5.10 Å². The van der Waals surface area contributed by atoms with Crippen molar-refractivity contribution in [3.63, 3.8) is 0 Å². The predicted molar refractivity (Wildman–Crippen MR) is 103 cm³/mol.